The summed E-state index contributed by atoms with van der Waals surface area (Å²) in [6.07, 6.45) is 2.41. The Kier molecular flexibility index (Phi) is 10.7. The minimum absolute atomic E-state index is 0.0623. The highest BCUT2D eigenvalue weighted by Gasteiger charge is 2.64. The average molecular weight is 598 g/mol. The molecule has 0 aliphatic carbocycles. The molecule has 1 saturated heterocycles. The summed E-state index contributed by atoms with van der Waals surface area (Å²) in [6, 6.07) is 4.97. The number of likely N-dealkylation sites (tertiary alicyclic amines) is 1. The monoisotopic (exact) mass is 596 g/mol. The van der Waals surface area contributed by atoms with Crippen LogP contribution in [-0.4, -0.2) is 72.6 Å². The second-order valence-corrected chi connectivity index (χ2v) is 11.9. The molecule has 3 rings (SSSR count). The second-order valence-electron chi connectivity index (χ2n) is 11.0. The van der Waals surface area contributed by atoms with Crippen LogP contribution in [0.3, 0.4) is 0 Å². The summed E-state index contributed by atoms with van der Waals surface area (Å²) in [7, 11) is 1.59. The fraction of sp³-hybridized carbons (Fsp3) is 0.586. The van der Waals surface area contributed by atoms with Gasteiger partial charge in [-0.05, 0) is 64.3 Å². The number of rotatable bonds is 11. The summed E-state index contributed by atoms with van der Waals surface area (Å²) in [5.74, 6) is -2.28. The van der Waals surface area contributed by atoms with Crippen LogP contribution < -0.4 is 0 Å². The summed E-state index contributed by atoms with van der Waals surface area (Å²) in [4.78, 5) is 57.0. The van der Waals surface area contributed by atoms with E-state index in [1.807, 2.05) is 0 Å². The number of amides is 2. The maximum absolute atomic E-state index is 14.1. The number of ether oxygens (including phenoxy) is 3. The van der Waals surface area contributed by atoms with Crippen LogP contribution in [0.5, 0.6) is 0 Å². The molecule has 40 heavy (non-hydrogen) atoms. The van der Waals surface area contributed by atoms with Crippen molar-refractivity contribution in [3.8, 4) is 0 Å². The van der Waals surface area contributed by atoms with Gasteiger partial charge in [-0.15, -0.1) is 0 Å². The number of hydrogen-bond donors (Lipinski definition) is 0. The summed E-state index contributed by atoms with van der Waals surface area (Å²) < 4.78 is 16.2. The third kappa shape index (κ3) is 7.17. The van der Waals surface area contributed by atoms with E-state index in [0.29, 0.717) is 40.8 Å². The van der Waals surface area contributed by atoms with Crippen molar-refractivity contribution in [2.75, 3.05) is 33.4 Å². The Morgan fingerprint density at radius 3 is 2.50 bits per heavy atom. The first-order valence-electron chi connectivity index (χ1n) is 13.5. The molecule has 220 valence electrons. The second kappa shape index (κ2) is 13.4. The molecule has 11 heteroatoms. The molecule has 1 aromatic rings. The Morgan fingerprint density at radius 1 is 1.15 bits per heavy atom. The zero-order chi connectivity index (χ0) is 29.7. The van der Waals surface area contributed by atoms with E-state index in [4.69, 9.17) is 37.4 Å². The van der Waals surface area contributed by atoms with Gasteiger partial charge in [-0.25, -0.2) is 4.79 Å². The van der Waals surface area contributed by atoms with Crippen molar-refractivity contribution >= 4 is 47.0 Å². The van der Waals surface area contributed by atoms with Gasteiger partial charge in [0.1, 0.15) is 16.8 Å². The number of esters is 1. The van der Waals surface area contributed by atoms with E-state index in [9.17, 15) is 19.2 Å². The predicted octanol–water partition coefficient (Wildman–Crippen LogP) is 5.41. The number of benzene rings is 1. The number of methoxy groups -OCH3 is 1. The number of Topliss-reactive ketones (excluding diaryl/α,β-unsaturated/α-hetero) is 1. The van der Waals surface area contributed by atoms with Crippen LogP contribution in [0.4, 0.5) is 4.79 Å². The predicted molar refractivity (Wildman–Crippen MR) is 151 cm³/mol. The van der Waals surface area contributed by atoms with Gasteiger partial charge in [0.05, 0.1) is 19.1 Å². The molecule has 9 nitrogen and oxygen atoms in total. The highest BCUT2D eigenvalue weighted by molar-refractivity contribution is 6.35. The number of carbonyl (C=O) groups excluding carboxylic acids is 4. The highest BCUT2D eigenvalue weighted by atomic mass is 35.5. The third-order valence-electron chi connectivity index (χ3n) is 6.97. The number of carbonyl (C=O) groups is 4. The molecule has 2 aliphatic heterocycles. The summed E-state index contributed by atoms with van der Waals surface area (Å²) in [6.45, 7) is 7.52. The molecule has 2 heterocycles. The van der Waals surface area contributed by atoms with Gasteiger partial charge >= 0.3 is 12.1 Å². The van der Waals surface area contributed by atoms with Gasteiger partial charge in [0.2, 0.25) is 5.91 Å². The van der Waals surface area contributed by atoms with Crippen molar-refractivity contribution in [2.45, 2.75) is 65.5 Å². The maximum Gasteiger partial charge on any atom is 0.410 e. The van der Waals surface area contributed by atoms with Gasteiger partial charge in [0.25, 0.3) is 0 Å². The van der Waals surface area contributed by atoms with Crippen LogP contribution in [0.2, 0.25) is 10.0 Å². The smallest absolute Gasteiger partial charge is 0.410 e. The Balaban J connectivity index is 2.05. The number of nitrogens with zero attached hydrogens (tertiary/aromatic N) is 2. The lowest BCUT2D eigenvalue weighted by Gasteiger charge is -2.40. The van der Waals surface area contributed by atoms with Crippen molar-refractivity contribution in [2.24, 2.45) is 11.3 Å². The van der Waals surface area contributed by atoms with E-state index < -0.39 is 34.9 Å². The number of unbranched alkanes of at least 4 members (excludes halogenated alkanes) is 1. The molecule has 1 aromatic carbocycles. The van der Waals surface area contributed by atoms with Gasteiger partial charge < -0.3 is 24.0 Å². The van der Waals surface area contributed by atoms with E-state index in [1.54, 1.807) is 59.1 Å². The van der Waals surface area contributed by atoms with Gasteiger partial charge in [-0.1, -0.05) is 29.3 Å². The molecule has 2 amide bonds. The average Bonchev–Trinajstić information content (AvgIpc) is 3.10. The molecule has 0 radical (unpaired) electrons. The molecule has 0 unspecified atom stereocenters. The molecule has 2 atom stereocenters. The van der Waals surface area contributed by atoms with Gasteiger partial charge in [0, 0.05) is 55.4 Å². The number of fused-ring (bicyclic) bond motifs is 1. The number of ketones is 1. The number of halogens is 2. The first-order chi connectivity index (χ1) is 18.8. The largest absolute Gasteiger partial charge is 0.465 e. The molecule has 0 saturated carbocycles. The topological polar surface area (TPSA) is 102 Å². The molecule has 1 fully saturated rings. The standard InChI is InChI=1S/C29H38Cl2N2O7/c1-6-39-26(36)29-18-32(27(37)40-28(2,3)4)13-12-24(29)33(17-19-10-11-20(30)15-23(19)31)25(35)22(29)16-21(34)9-7-8-14-38-5/h10-12,15,22H,6-9,13-14,16-18H2,1-5H3/t22-,29-/m1/s1. The lowest BCUT2D eigenvalue weighted by atomic mass is 9.71. The van der Waals surface area contributed by atoms with Crippen LogP contribution in [0.15, 0.2) is 30.0 Å². The molecule has 0 N–H and O–H groups in total. The summed E-state index contributed by atoms with van der Waals surface area (Å²) >= 11 is 12.5. The van der Waals surface area contributed by atoms with E-state index in [1.165, 1.54) is 9.80 Å². The summed E-state index contributed by atoms with van der Waals surface area (Å²) in [5.41, 5.74) is -1.32. The van der Waals surface area contributed by atoms with E-state index in [0.717, 1.165) is 0 Å². The fourth-order valence-electron chi connectivity index (χ4n) is 5.16. The van der Waals surface area contributed by atoms with Gasteiger partial charge in [-0.3, -0.25) is 14.4 Å². The summed E-state index contributed by atoms with van der Waals surface area (Å²) in [5, 5.41) is 0.815. The quantitative estimate of drug-likeness (QED) is 0.248. The van der Waals surface area contributed by atoms with Crippen molar-refractivity contribution < 1.29 is 33.4 Å². The molecular weight excluding hydrogens is 559 g/mol. The van der Waals surface area contributed by atoms with E-state index in [2.05, 4.69) is 0 Å². The Bertz CT molecular complexity index is 1160. The Morgan fingerprint density at radius 2 is 1.88 bits per heavy atom. The maximum atomic E-state index is 14.1. The number of hydrogen-bond acceptors (Lipinski definition) is 7. The minimum Gasteiger partial charge on any atom is -0.465 e. The molecule has 2 aliphatic rings. The van der Waals surface area contributed by atoms with Crippen LogP contribution in [0, 0.1) is 11.3 Å². The normalized spacial score (nSPS) is 20.7. The van der Waals surface area contributed by atoms with Gasteiger partial charge in [-0.2, -0.15) is 0 Å². The van der Waals surface area contributed by atoms with Crippen LogP contribution in [-0.2, 0) is 35.1 Å². The lowest BCUT2D eigenvalue weighted by molar-refractivity contribution is -0.158. The molecule has 0 bridgehead atoms. The van der Waals surface area contributed by atoms with E-state index >= 15 is 0 Å². The zero-order valence-corrected chi connectivity index (χ0v) is 25.3. The fourth-order valence-corrected chi connectivity index (χ4v) is 5.63. The first kappa shape index (κ1) is 31.9. The van der Waals surface area contributed by atoms with Crippen molar-refractivity contribution in [3.05, 3.63) is 45.6 Å². The van der Waals surface area contributed by atoms with Crippen LogP contribution >= 0.6 is 23.2 Å². The molecular formula is C29H38Cl2N2O7. The van der Waals surface area contributed by atoms with Gasteiger partial charge in [0.15, 0.2) is 0 Å². The Hall–Kier alpha value is -2.62. The molecule has 0 spiro atoms. The van der Waals surface area contributed by atoms with Crippen LogP contribution in [0.1, 0.15) is 58.9 Å². The Labute approximate surface area is 245 Å². The van der Waals surface area contributed by atoms with Crippen molar-refractivity contribution in [3.63, 3.8) is 0 Å². The van der Waals surface area contributed by atoms with Crippen molar-refractivity contribution in [1.82, 2.24) is 9.80 Å². The highest BCUT2D eigenvalue weighted by Crippen LogP contribution is 2.51. The van der Waals surface area contributed by atoms with Crippen molar-refractivity contribution in [1.29, 1.82) is 0 Å². The third-order valence-corrected chi connectivity index (χ3v) is 7.56. The van der Waals surface area contributed by atoms with Crippen LogP contribution in [0.25, 0.3) is 0 Å². The lowest BCUT2D eigenvalue weighted by Crippen LogP contribution is -2.54. The SMILES string of the molecule is CCOC(=O)[C@@]12CN(C(=O)OC(C)(C)C)CC=C1N(Cc1ccc(Cl)cc1Cl)C(=O)[C@H]2CC(=O)CCCCOC. The zero-order valence-electron chi connectivity index (χ0n) is 23.8. The first-order valence-corrected chi connectivity index (χ1v) is 14.2. The minimum atomic E-state index is -1.58. The molecule has 0 aromatic heterocycles. The van der Waals surface area contributed by atoms with E-state index in [-0.39, 0.29) is 44.9 Å².